The van der Waals surface area contributed by atoms with E-state index in [0.29, 0.717) is 12.8 Å². The summed E-state index contributed by atoms with van der Waals surface area (Å²) in [5.74, 6) is -0.748. The van der Waals surface area contributed by atoms with Gasteiger partial charge in [0.2, 0.25) is 0 Å². The van der Waals surface area contributed by atoms with Gasteiger partial charge in [0.05, 0.1) is 0 Å². The second-order valence-corrected chi connectivity index (χ2v) is 3.30. The van der Waals surface area contributed by atoms with E-state index in [1.807, 2.05) is 0 Å². The number of carboxylic acids is 1. The number of nitrogens with one attached hydrogen (secondary N) is 1. The molecule has 0 amide bonds. The Labute approximate surface area is 72.5 Å². The lowest BCUT2D eigenvalue weighted by atomic mass is 9.82. The van der Waals surface area contributed by atoms with Crippen molar-refractivity contribution < 1.29 is 9.90 Å². The maximum atomic E-state index is 11.0. The predicted octanol–water partition coefficient (Wildman–Crippen LogP) is 1.51. The van der Waals surface area contributed by atoms with Crippen LogP contribution in [0, 0.1) is 0 Å². The molecule has 1 rings (SSSR count). The molecule has 0 bridgehead atoms. The summed E-state index contributed by atoms with van der Waals surface area (Å²) < 4.78 is 0. The molecule has 3 heteroatoms. The van der Waals surface area contributed by atoms with E-state index in [4.69, 9.17) is 5.11 Å². The van der Waals surface area contributed by atoms with E-state index >= 15 is 0 Å². The third-order valence-electron chi connectivity index (χ3n) is 2.49. The monoisotopic (exact) mass is 169 g/mol. The Hall–Kier alpha value is -0.990. The largest absolute Gasteiger partial charge is 0.480 e. The van der Waals surface area contributed by atoms with Crippen LogP contribution in [0.4, 0.5) is 0 Å². The van der Waals surface area contributed by atoms with Crippen LogP contribution >= 0.6 is 0 Å². The molecular weight excluding hydrogens is 154 g/mol. The Morgan fingerprint density at radius 2 is 2.00 bits per heavy atom. The highest BCUT2D eigenvalue weighted by Crippen LogP contribution is 2.28. The van der Waals surface area contributed by atoms with Crippen LogP contribution in [0.5, 0.6) is 0 Å². The van der Waals surface area contributed by atoms with Crippen LogP contribution in [0.25, 0.3) is 0 Å². The third-order valence-corrected chi connectivity index (χ3v) is 2.49. The zero-order valence-electron chi connectivity index (χ0n) is 7.18. The third kappa shape index (κ3) is 1.60. The van der Waals surface area contributed by atoms with E-state index in [0.717, 1.165) is 19.3 Å². The van der Waals surface area contributed by atoms with Gasteiger partial charge in [-0.15, -0.1) is 0 Å². The summed E-state index contributed by atoms with van der Waals surface area (Å²) in [5, 5.41) is 11.9. The lowest BCUT2D eigenvalue weighted by Gasteiger charge is -2.33. The summed E-state index contributed by atoms with van der Waals surface area (Å²) >= 11 is 0. The average molecular weight is 169 g/mol. The van der Waals surface area contributed by atoms with E-state index in [1.54, 1.807) is 0 Å². The van der Waals surface area contributed by atoms with E-state index < -0.39 is 11.5 Å². The van der Waals surface area contributed by atoms with Crippen LogP contribution in [-0.4, -0.2) is 16.6 Å². The molecule has 0 aromatic rings. The molecule has 12 heavy (non-hydrogen) atoms. The Bertz CT molecular complexity index is 183. The number of carbonyl (C=O) groups is 1. The van der Waals surface area contributed by atoms with E-state index in [2.05, 4.69) is 11.9 Å². The Kier molecular flexibility index (Phi) is 2.74. The molecule has 0 heterocycles. The fraction of sp³-hybridized carbons (Fsp3) is 0.667. The molecule has 68 valence electrons. The molecule has 3 nitrogen and oxygen atoms in total. The van der Waals surface area contributed by atoms with E-state index in [9.17, 15) is 4.79 Å². The van der Waals surface area contributed by atoms with Crippen molar-refractivity contribution in [2.24, 2.45) is 0 Å². The van der Waals surface area contributed by atoms with Crippen molar-refractivity contribution in [3.8, 4) is 0 Å². The fourth-order valence-corrected chi connectivity index (χ4v) is 1.77. The van der Waals surface area contributed by atoms with Gasteiger partial charge in [0.15, 0.2) is 0 Å². The van der Waals surface area contributed by atoms with Gasteiger partial charge in [-0.25, -0.2) is 4.79 Å². The van der Waals surface area contributed by atoms with Gasteiger partial charge in [-0.05, 0) is 19.0 Å². The van der Waals surface area contributed by atoms with Crippen LogP contribution in [0.15, 0.2) is 12.8 Å². The van der Waals surface area contributed by atoms with Crippen LogP contribution in [0.1, 0.15) is 32.1 Å². The molecule has 1 aliphatic carbocycles. The normalized spacial score (nSPS) is 21.3. The molecule has 0 radical (unpaired) electrons. The molecule has 0 saturated heterocycles. The minimum Gasteiger partial charge on any atom is -0.480 e. The van der Waals surface area contributed by atoms with E-state index in [-0.39, 0.29) is 0 Å². The molecule has 0 aromatic heterocycles. The second kappa shape index (κ2) is 3.61. The van der Waals surface area contributed by atoms with Crippen LogP contribution < -0.4 is 5.32 Å². The second-order valence-electron chi connectivity index (χ2n) is 3.30. The van der Waals surface area contributed by atoms with Crippen molar-refractivity contribution in [3.63, 3.8) is 0 Å². The number of hydrogen-bond acceptors (Lipinski definition) is 2. The zero-order chi connectivity index (χ0) is 9.03. The number of rotatable bonds is 3. The van der Waals surface area contributed by atoms with Crippen LogP contribution in [0.2, 0.25) is 0 Å². The molecule has 0 spiro atoms. The minimum absolute atomic E-state index is 0.717. The van der Waals surface area contributed by atoms with Gasteiger partial charge in [-0.2, -0.15) is 0 Å². The molecule has 1 fully saturated rings. The lowest BCUT2D eigenvalue weighted by Crippen LogP contribution is -2.50. The SMILES string of the molecule is C=CNC1(C(=O)O)CCCCC1. The van der Waals surface area contributed by atoms with Gasteiger partial charge in [-0.3, -0.25) is 0 Å². The summed E-state index contributed by atoms with van der Waals surface area (Å²) in [6.07, 6.45) is 6.05. The molecule has 0 aromatic carbocycles. The van der Waals surface area contributed by atoms with Crippen molar-refractivity contribution in [3.05, 3.63) is 12.8 Å². The van der Waals surface area contributed by atoms with Gasteiger partial charge in [0, 0.05) is 0 Å². The topological polar surface area (TPSA) is 49.3 Å². The van der Waals surface area contributed by atoms with Crippen molar-refractivity contribution in [2.45, 2.75) is 37.6 Å². The molecular formula is C9H15NO2. The van der Waals surface area contributed by atoms with Gasteiger partial charge in [-0.1, -0.05) is 25.8 Å². The quantitative estimate of drug-likeness (QED) is 0.673. The molecule has 1 aliphatic rings. The number of carboxylic acid groups (broad SMARTS) is 1. The molecule has 0 unspecified atom stereocenters. The summed E-state index contributed by atoms with van der Waals surface area (Å²) in [6.45, 7) is 3.51. The van der Waals surface area contributed by atoms with Crippen molar-refractivity contribution in [1.29, 1.82) is 0 Å². The maximum absolute atomic E-state index is 11.0. The Morgan fingerprint density at radius 3 is 2.42 bits per heavy atom. The Balaban J connectivity index is 2.69. The highest BCUT2D eigenvalue weighted by molar-refractivity contribution is 5.79. The number of hydrogen-bond donors (Lipinski definition) is 2. The molecule has 1 saturated carbocycles. The van der Waals surface area contributed by atoms with E-state index in [1.165, 1.54) is 6.20 Å². The highest BCUT2D eigenvalue weighted by Gasteiger charge is 2.38. The van der Waals surface area contributed by atoms with Crippen LogP contribution in [-0.2, 0) is 4.79 Å². The standard InChI is InChI=1S/C9H15NO2/c1-2-10-9(8(11)12)6-4-3-5-7-9/h2,10H,1,3-7H2,(H,11,12). The first-order valence-corrected chi connectivity index (χ1v) is 4.33. The zero-order valence-corrected chi connectivity index (χ0v) is 7.18. The van der Waals surface area contributed by atoms with Crippen molar-refractivity contribution in [2.75, 3.05) is 0 Å². The fourth-order valence-electron chi connectivity index (χ4n) is 1.77. The number of aliphatic carboxylic acids is 1. The van der Waals surface area contributed by atoms with Crippen LogP contribution in [0.3, 0.4) is 0 Å². The first kappa shape index (κ1) is 9.10. The highest BCUT2D eigenvalue weighted by atomic mass is 16.4. The van der Waals surface area contributed by atoms with Crippen molar-refractivity contribution in [1.82, 2.24) is 5.32 Å². The smallest absolute Gasteiger partial charge is 0.329 e. The first-order chi connectivity index (χ1) is 5.71. The summed E-state index contributed by atoms with van der Waals surface area (Å²) in [5.41, 5.74) is -0.722. The van der Waals surface area contributed by atoms with Gasteiger partial charge in [0.25, 0.3) is 0 Å². The molecule has 0 aliphatic heterocycles. The van der Waals surface area contributed by atoms with Gasteiger partial charge in [0.1, 0.15) is 5.54 Å². The summed E-state index contributed by atoms with van der Waals surface area (Å²) in [4.78, 5) is 11.0. The first-order valence-electron chi connectivity index (χ1n) is 4.33. The van der Waals surface area contributed by atoms with Gasteiger partial charge >= 0.3 is 5.97 Å². The Morgan fingerprint density at radius 1 is 1.42 bits per heavy atom. The summed E-state index contributed by atoms with van der Waals surface area (Å²) in [7, 11) is 0. The molecule has 0 atom stereocenters. The maximum Gasteiger partial charge on any atom is 0.329 e. The average Bonchev–Trinajstić information content (AvgIpc) is 2.06. The predicted molar refractivity (Wildman–Crippen MR) is 46.8 cm³/mol. The van der Waals surface area contributed by atoms with Crippen molar-refractivity contribution >= 4 is 5.97 Å². The summed E-state index contributed by atoms with van der Waals surface area (Å²) in [6, 6.07) is 0. The lowest BCUT2D eigenvalue weighted by molar-refractivity contribution is -0.145. The van der Waals surface area contributed by atoms with Gasteiger partial charge < -0.3 is 10.4 Å². The minimum atomic E-state index is -0.748. The molecule has 2 N–H and O–H groups in total.